The van der Waals surface area contributed by atoms with Crippen LogP contribution in [0.2, 0.25) is 0 Å². The Balaban J connectivity index is 2.68. The van der Waals surface area contributed by atoms with Gasteiger partial charge in [0.05, 0.1) is 5.56 Å². The highest BCUT2D eigenvalue weighted by molar-refractivity contribution is 9.10. The average molecular weight is 229 g/mol. The summed E-state index contributed by atoms with van der Waals surface area (Å²) in [6.45, 7) is 0.0669. The number of phenolic OH excluding ortho intramolecular Hbond substituents is 1. The fourth-order valence-corrected chi connectivity index (χ4v) is 1.58. The van der Waals surface area contributed by atoms with E-state index in [1.807, 2.05) is 0 Å². The molecule has 0 spiro atoms. The lowest BCUT2D eigenvalue weighted by atomic mass is 10.1. The summed E-state index contributed by atoms with van der Waals surface area (Å²) in [5.74, 6) is 0.481. The molecular weight excluding hydrogens is 224 g/mol. The molecule has 1 aliphatic heterocycles. The van der Waals surface area contributed by atoms with E-state index in [-0.39, 0.29) is 18.1 Å². The number of rotatable bonds is 0. The van der Waals surface area contributed by atoms with Crippen LogP contribution in [0.15, 0.2) is 16.6 Å². The first-order chi connectivity index (χ1) is 5.70. The van der Waals surface area contributed by atoms with E-state index < -0.39 is 0 Å². The third kappa shape index (κ3) is 0.914. The van der Waals surface area contributed by atoms with Crippen LogP contribution in [0.1, 0.15) is 10.4 Å². The van der Waals surface area contributed by atoms with Crippen molar-refractivity contribution in [3.63, 3.8) is 0 Å². The van der Waals surface area contributed by atoms with E-state index >= 15 is 0 Å². The molecule has 4 heteroatoms. The SMILES string of the molecule is O=C1COc2c1ccc(O)c2Br. The number of halogens is 1. The molecule has 0 unspecified atom stereocenters. The summed E-state index contributed by atoms with van der Waals surface area (Å²) in [6, 6.07) is 3.03. The Morgan fingerprint density at radius 3 is 3.00 bits per heavy atom. The van der Waals surface area contributed by atoms with Crippen LogP contribution < -0.4 is 4.74 Å². The lowest BCUT2D eigenvalue weighted by molar-refractivity contribution is 0.0961. The van der Waals surface area contributed by atoms with Gasteiger partial charge in [-0.15, -0.1) is 0 Å². The van der Waals surface area contributed by atoms with Crippen LogP contribution >= 0.6 is 15.9 Å². The molecule has 0 radical (unpaired) electrons. The number of Topliss-reactive ketones (excluding diaryl/α,β-unsaturated/α-hetero) is 1. The zero-order valence-electron chi connectivity index (χ0n) is 6.00. The molecule has 0 amide bonds. The van der Waals surface area contributed by atoms with Crippen molar-refractivity contribution in [2.24, 2.45) is 0 Å². The number of carbonyl (C=O) groups excluding carboxylic acids is 1. The lowest BCUT2D eigenvalue weighted by Crippen LogP contribution is -1.98. The lowest BCUT2D eigenvalue weighted by Gasteiger charge is -2.01. The van der Waals surface area contributed by atoms with Crippen molar-refractivity contribution in [1.29, 1.82) is 0 Å². The molecule has 62 valence electrons. The second-order valence-corrected chi connectivity index (χ2v) is 3.28. The molecule has 1 aromatic carbocycles. The second kappa shape index (κ2) is 2.48. The van der Waals surface area contributed by atoms with Crippen LogP contribution in [-0.4, -0.2) is 17.5 Å². The van der Waals surface area contributed by atoms with Gasteiger partial charge in [-0.2, -0.15) is 0 Å². The minimum absolute atomic E-state index is 0.0503. The monoisotopic (exact) mass is 228 g/mol. The van der Waals surface area contributed by atoms with Crippen molar-refractivity contribution in [2.75, 3.05) is 6.61 Å². The van der Waals surface area contributed by atoms with Gasteiger partial charge in [0.1, 0.15) is 16.0 Å². The van der Waals surface area contributed by atoms with Gasteiger partial charge in [-0.05, 0) is 28.1 Å². The highest BCUT2D eigenvalue weighted by Crippen LogP contribution is 2.39. The van der Waals surface area contributed by atoms with Crippen molar-refractivity contribution < 1.29 is 14.6 Å². The average Bonchev–Trinajstić information content (AvgIpc) is 2.41. The summed E-state index contributed by atoms with van der Waals surface area (Å²) in [4.78, 5) is 11.1. The Hall–Kier alpha value is -1.03. The maximum atomic E-state index is 11.1. The van der Waals surface area contributed by atoms with Crippen LogP contribution in [0.5, 0.6) is 11.5 Å². The minimum atomic E-state index is -0.0503. The number of hydrogen-bond donors (Lipinski definition) is 1. The van der Waals surface area contributed by atoms with E-state index in [4.69, 9.17) is 4.74 Å². The maximum Gasteiger partial charge on any atom is 0.203 e. The van der Waals surface area contributed by atoms with Crippen molar-refractivity contribution in [3.05, 3.63) is 22.2 Å². The smallest absolute Gasteiger partial charge is 0.203 e. The summed E-state index contributed by atoms with van der Waals surface area (Å²) in [6.07, 6.45) is 0. The molecular formula is C8H5BrO3. The molecule has 0 saturated carbocycles. The van der Waals surface area contributed by atoms with E-state index in [9.17, 15) is 9.90 Å². The predicted octanol–water partition coefficient (Wildman–Crippen LogP) is 1.73. The molecule has 1 aliphatic rings. The fraction of sp³-hybridized carbons (Fsp3) is 0.125. The Kier molecular flexibility index (Phi) is 1.58. The molecule has 12 heavy (non-hydrogen) atoms. The summed E-state index contributed by atoms with van der Waals surface area (Å²) in [7, 11) is 0. The van der Waals surface area contributed by atoms with Crippen molar-refractivity contribution >= 4 is 21.7 Å². The molecule has 0 fully saturated rings. The van der Waals surface area contributed by atoms with Crippen LogP contribution in [0.4, 0.5) is 0 Å². The Morgan fingerprint density at radius 2 is 2.25 bits per heavy atom. The van der Waals surface area contributed by atoms with Gasteiger partial charge in [0, 0.05) is 0 Å². The zero-order chi connectivity index (χ0) is 8.72. The quantitative estimate of drug-likeness (QED) is 0.736. The Labute approximate surface area is 77.1 Å². The first-order valence-electron chi connectivity index (χ1n) is 3.37. The number of aromatic hydroxyl groups is 1. The molecule has 0 aromatic heterocycles. The van der Waals surface area contributed by atoms with Crippen LogP contribution in [0.3, 0.4) is 0 Å². The first-order valence-corrected chi connectivity index (χ1v) is 4.17. The molecule has 3 nitrogen and oxygen atoms in total. The van der Waals surface area contributed by atoms with Crippen molar-refractivity contribution in [1.82, 2.24) is 0 Å². The number of carbonyl (C=O) groups is 1. The van der Waals surface area contributed by atoms with E-state index in [2.05, 4.69) is 15.9 Å². The number of ketones is 1. The van der Waals surface area contributed by atoms with Gasteiger partial charge < -0.3 is 9.84 Å². The molecule has 1 N–H and O–H groups in total. The van der Waals surface area contributed by atoms with Gasteiger partial charge >= 0.3 is 0 Å². The topological polar surface area (TPSA) is 46.5 Å². The fourth-order valence-electron chi connectivity index (χ4n) is 1.12. The van der Waals surface area contributed by atoms with Crippen molar-refractivity contribution in [2.45, 2.75) is 0 Å². The van der Waals surface area contributed by atoms with Gasteiger partial charge in [-0.3, -0.25) is 4.79 Å². The van der Waals surface area contributed by atoms with Crippen LogP contribution in [-0.2, 0) is 0 Å². The molecule has 0 bridgehead atoms. The van der Waals surface area contributed by atoms with E-state index in [0.29, 0.717) is 15.8 Å². The van der Waals surface area contributed by atoms with Crippen LogP contribution in [0, 0.1) is 0 Å². The molecule has 2 rings (SSSR count). The zero-order valence-corrected chi connectivity index (χ0v) is 7.59. The van der Waals surface area contributed by atoms with Crippen LogP contribution in [0.25, 0.3) is 0 Å². The summed E-state index contributed by atoms with van der Waals surface area (Å²) in [5, 5.41) is 9.23. The number of benzene rings is 1. The third-order valence-corrected chi connectivity index (χ3v) is 2.49. The van der Waals surface area contributed by atoms with Gasteiger partial charge in [-0.1, -0.05) is 0 Å². The second-order valence-electron chi connectivity index (χ2n) is 2.49. The summed E-state index contributed by atoms with van der Waals surface area (Å²) < 4.78 is 5.52. The van der Waals surface area contributed by atoms with Gasteiger partial charge in [0.25, 0.3) is 0 Å². The minimum Gasteiger partial charge on any atom is -0.507 e. The van der Waals surface area contributed by atoms with Crippen molar-refractivity contribution in [3.8, 4) is 11.5 Å². The van der Waals surface area contributed by atoms with Gasteiger partial charge in [0.2, 0.25) is 5.78 Å². The number of fused-ring (bicyclic) bond motifs is 1. The standard InChI is InChI=1S/C8H5BrO3/c9-7-5(10)2-1-4-6(11)3-12-8(4)7/h1-2,10H,3H2. The molecule has 0 saturated heterocycles. The summed E-state index contributed by atoms with van der Waals surface area (Å²) in [5.41, 5.74) is 0.527. The Bertz CT molecular complexity index is 360. The number of phenols is 1. The normalized spacial score (nSPS) is 14.2. The number of hydrogen-bond acceptors (Lipinski definition) is 3. The first kappa shape index (κ1) is 7.61. The van der Waals surface area contributed by atoms with E-state index in [1.165, 1.54) is 6.07 Å². The molecule has 0 atom stereocenters. The predicted molar refractivity (Wildman–Crippen MR) is 45.6 cm³/mol. The number of ether oxygens (including phenoxy) is 1. The Morgan fingerprint density at radius 1 is 1.50 bits per heavy atom. The van der Waals surface area contributed by atoms with E-state index in [0.717, 1.165) is 0 Å². The van der Waals surface area contributed by atoms with Gasteiger partial charge in [0.15, 0.2) is 6.61 Å². The molecule has 0 aliphatic carbocycles. The highest BCUT2D eigenvalue weighted by Gasteiger charge is 2.24. The van der Waals surface area contributed by atoms with Gasteiger partial charge in [-0.25, -0.2) is 0 Å². The molecule has 1 aromatic rings. The summed E-state index contributed by atoms with van der Waals surface area (Å²) >= 11 is 3.13. The van der Waals surface area contributed by atoms with E-state index in [1.54, 1.807) is 6.07 Å². The maximum absolute atomic E-state index is 11.1. The molecule has 1 heterocycles. The largest absolute Gasteiger partial charge is 0.507 e. The highest BCUT2D eigenvalue weighted by atomic mass is 79.9. The third-order valence-electron chi connectivity index (χ3n) is 1.72.